The Balaban J connectivity index is 2.41. The van der Waals surface area contributed by atoms with Crippen molar-refractivity contribution in [3.8, 4) is 5.75 Å². The number of carbonyl (C=O) groups is 1. The Hall–Kier alpha value is -3.15. The predicted octanol–water partition coefficient (Wildman–Crippen LogP) is 3.34. The molecule has 12 heteroatoms. The molecule has 0 atom stereocenters. The van der Waals surface area contributed by atoms with Crippen LogP contribution in [0.15, 0.2) is 47.4 Å². The number of nitro benzene ring substituents is 1. The zero-order valence-electron chi connectivity index (χ0n) is 13.5. The average molecular weight is 404 g/mol. The molecule has 8 nitrogen and oxygen atoms in total. The summed E-state index contributed by atoms with van der Waals surface area (Å²) in [5.74, 6) is -1.23. The van der Waals surface area contributed by atoms with Crippen LogP contribution < -0.4 is 9.50 Å². The number of nitro groups is 1. The summed E-state index contributed by atoms with van der Waals surface area (Å²) >= 11 is 0. The monoisotopic (exact) mass is 404 g/mol. The van der Waals surface area contributed by atoms with E-state index in [0.29, 0.717) is 12.1 Å². The Kier molecular flexibility index (Phi) is 5.40. The van der Waals surface area contributed by atoms with Gasteiger partial charge in [-0.1, -0.05) is 6.07 Å². The second-order valence-corrected chi connectivity index (χ2v) is 6.73. The molecule has 0 heterocycles. The van der Waals surface area contributed by atoms with E-state index >= 15 is 0 Å². The van der Waals surface area contributed by atoms with E-state index in [0.717, 1.165) is 37.3 Å². The molecule has 2 aromatic rings. The van der Waals surface area contributed by atoms with Gasteiger partial charge in [0, 0.05) is 13.0 Å². The summed E-state index contributed by atoms with van der Waals surface area (Å²) in [5, 5.41) is 13.3. The maximum absolute atomic E-state index is 12.7. The molecule has 1 amide bonds. The van der Waals surface area contributed by atoms with E-state index in [9.17, 15) is 36.5 Å². The fraction of sp³-hybridized carbons (Fsp3) is 0.133. The second kappa shape index (κ2) is 7.23. The van der Waals surface area contributed by atoms with Crippen molar-refractivity contribution >= 4 is 27.4 Å². The van der Waals surface area contributed by atoms with E-state index in [1.807, 2.05) is 0 Å². The fourth-order valence-corrected chi connectivity index (χ4v) is 2.96. The van der Waals surface area contributed by atoms with Gasteiger partial charge in [0.15, 0.2) is 0 Å². The van der Waals surface area contributed by atoms with Crippen molar-refractivity contribution in [3.05, 3.63) is 58.1 Å². The molecule has 0 saturated heterocycles. The number of nitrogens with one attached hydrogen (secondary N) is 1. The van der Waals surface area contributed by atoms with Crippen molar-refractivity contribution in [3.63, 3.8) is 0 Å². The van der Waals surface area contributed by atoms with Gasteiger partial charge in [-0.15, -0.1) is 0 Å². The summed E-state index contributed by atoms with van der Waals surface area (Å²) < 4.78 is 67.3. The van der Waals surface area contributed by atoms with Crippen LogP contribution >= 0.6 is 0 Å². The van der Waals surface area contributed by atoms with Crippen molar-refractivity contribution in [1.82, 2.24) is 0 Å². The van der Waals surface area contributed by atoms with E-state index in [1.165, 1.54) is 0 Å². The minimum atomic E-state index is -4.71. The van der Waals surface area contributed by atoms with E-state index in [4.69, 9.17) is 0 Å². The summed E-state index contributed by atoms with van der Waals surface area (Å²) in [6.45, 7) is 1.10. The van der Waals surface area contributed by atoms with Crippen LogP contribution in [0.2, 0.25) is 0 Å². The molecule has 0 fully saturated rings. The van der Waals surface area contributed by atoms with Crippen molar-refractivity contribution in [2.45, 2.75) is 18.0 Å². The molecule has 1 N–H and O–H groups in total. The normalized spacial score (nSPS) is 11.7. The lowest BCUT2D eigenvalue weighted by Crippen LogP contribution is -2.13. The predicted molar refractivity (Wildman–Crippen MR) is 86.7 cm³/mol. The van der Waals surface area contributed by atoms with Crippen LogP contribution in [-0.2, 0) is 21.1 Å². The van der Waals surface area contributed by atoms with Crippen LogP contribution in [0.3, 0.4) is 0 Å². The molecular formula is C15H11F3N2O6S. The number of nitrogens with zero attached hydrogens (tertiary/aromatic N) is 1. The van der Waals surface area contributed by atoms with Gasteiger partial charge in [-0.3, -0.25) is 14.9 Å². The van der Waals surface area contributed by atoms with Gasteiger partial charge in [-0.25, -0.2) is 0 Å². The highest BCUT2D eigenvalue weighted by molar-refractivity contribution is 7.87. The summed E-state index contributed by atoms with van der Waals surface area (Å²) in [5.41, 5.74) is -2.09. The number of anilines is 1. The van der Waals surface area contributed by atoms with Crippen LogP contribution in [-0.4, -0.2) is 19.2 Å². The van der Waals surface area contributed by atoms with E-state index < -0.39 is 49.0 Å². The van der Waals surface area contributed by atoms with Crippen LogP contribution in [0.1, 0.15) is 12.5 Å². The highest BCUT2D eigenvalue weighted by atomic mass is 32.2. The first-order valence-electron chi connectivity index (χ1n) is 7.08. The molecule has 0 radical (unpaired) electrons. The van der Waals surface area contributed by atoms with Crippen LogP contribution in [0.25, 0.3) is 0 Å². The van der Waals surface area contributed by atoms with Crippen molar-refractivity contribution in [1.29, 1.82) is 0 Å². The average Bonchev–Trinajstić information content (AvgIpc) is 2.53. The first-order valence-corrected chi connectivity index (χ1v) is 8.49. The lowest BCUT2D eigenvalue weighted by atomic mass is 10.2. The van der Waals surface area contributed by atoms with Crippen molar-refractivity contribution in [2.75, 3.05) is 5.32 Å². The van der Waals surface area contributed by atoms with Crippen LogP contribution in [0.5, 0.6) is 5.75 Å². The molecule has 0 aliphatic rings. The zero-order valence-corrected chi connectivity index (χ0v) is 14.3. The smallest absolute Gasteiger partial charge is 0.379 e. The first kappa shape index (κ1) is 20.2. The minimum Gasteiger partial charge on any atom is -0.379 e. The van der Waals surface area contributed by atoms with Gasteiger partial charge >= 0.3 is 16.3 Å². The van der Waals surface area contributed by atoms with Gasteiger partial charge in [-0.05, 0) is 30.3 Å². The Morgan fingerprint density at radius 1 is 1.19 bits per heavy atom. The molecule has 0 spiro atoms. The summed E-state index contributed by atoms with van der Waals surface area (Å²) in [6, 6.07) is 5.68. The lowest BCUT2D eigenvalue weighted by Gasteiger charge is -2.11. The SMILES string of the molecule is CC(=O)Nc1ccc(S(=O)(=O)Oc2cccc(C(F)(F)F)c2)cc1[N+](=O)[O-]. The molecular weight excluding hydrogens is 393 g/mol. The molecule has 0 aliphatic carbocycles. The highest BCUT2D eigenvalue weighted by Crippen LogP contribution is 2.33. The first-order chi connectivity index (χ1) is 12.4. The second-order valence-electron chi connectivity index (χ2n) is 5.18. The number of hydrogen-bond acceptors (Lipinski definition) is 6. The van der Waals surface area contributed by atoms with Gasteiger partial charge in [0.1, 0.15) is 16.3 Å². The zero-order chi connectivity index (χ0) is 20.4. The number of benzene rings is 2. The third-order valence-electron chi connectivity index (χ3n) is 3.13. The maximum Gasteiger partial charge on any atom is 0.416 e. The summed E-state index contributed by atoms with van der Waals surface area (Å²) in [4.78, 5) is 20.6. The fourth-order valence-electron chi connectivity index (χ4n) is 2.01. The maximum atomic E-state index is 12.7. The Bertz CT molecular complexity index is 1000. The van der Waals surface area contributed by atoms with E-state index in [1.54, 1.807) is 0 Å². The number of carbonyl (C=O) groups excluding carboxylic acids is 1. The molecule has 0 saturated carbocycles. The number of hydrogen-bond donors (Lipinski definition) is 1. The number of rotatable bonds is 5. The van der Waals surface area contributed by atoms with Crippen LogP contribution in [0, 0.1) is 10.1 Å². The number of halogens is 3. The highest BCUT2D eigenvalue weighted by Gasteiger charge is 2.31. The third kappa shape index (κ3) is 4.94. The quantitative estimate of drug-likeness (QED) is 0.464. The van der Waals surface area contributed by atoms with Gasteiger partial charge in [-0.2, -0.15) is 21.6 Å². The molecule has 0 unspecified atom stereocenters. The Morgan fingerprint density at radius 2 is 1.85 bits per heavy atom. The number of alkyl halides is 3. The summed E-state index contributed by atoms with van der Waals surface area (Å²) in [7, 11) is -4.66. The molecule has 2 aromatic carbocycles. The Labute approximate surface area is 150 Å². The van der Waals surface area contributed by atoms with Gasteiger partial charge in [0.25, 0.3) is 5.69 Å². The number of amides is 1. The van der Waals surface area contributed by atoms with E-state index in [2.05, 4.69) is 9.50 Å². The molecule has 27 heavy (non-hydrogen) atoms. The topological polar surface area (TPSA) is 116 Å². The van der Waals surface area contributed by atoms with Gasteiger partial charge in [0.05, 0.1) is 10.5 Å². The molecule has 0 aromatic heterocycles. The minimum absolute atomic E-state index is 0.245. The molecule has 0 bridgehead atoms. The van der Waals surface area contributed by atoms with Gasteiger partial charge in [0.2, 0.25) is 5.91 Å². The standard InChI is InChI=1S/C15H11F3N2O6S/c1-9(21)19-13-6-5-12(8-14(13)20(22)23)27(24,25)26-11-4-2-3-10(7-11)15(16,17)18/h2-8H,1H3,(H,19,21). The Morgan fingerprint density at radius 3 is 2.41 bits per heavy atom. The largest absolute Gasteiger partial charge is 0.416 e. The van der Waals surface area contributed by atoms with Crippen molar-refractivity contribution < 1.29 is 35.5 Å². The third-order valence-corrected chi connectivity index (χ3v) is 4.38. The van der Waals surface area contributed by atoms with Crippen LogP contribution in [0.4, 0.5) is 24.5 Å². The summed E-state index contributed by atoms with van der Waals surface area (Å²) in [6.07, 6.45) is -4.71. The van der Waals surface area contributed by atoms with Gasteiger partial charge < -0.3 is 9.50 Å². The van der Waals surface area contributed by atoms with Crippen molar-refractivity contribution in [2.24, 2.45) is 0 Å². The molecule has 0 aliphatic heterocycles. The molecule has 144 valence electrons. The molecule has 2 rings (SSSR count). The van der Waals surface area contributed by atoms with E-state index in [-0.39, 0.29) is 5.69 Å². The lowest BCUT2D eigenvalue weighted by molar-refractivity contribution is -0.384.